The average Bonchev–Trinajstić information content (AvgIpc) is 2.97. The molecule has 2 aliphatic rings. The number of carboxylic acids is 2. The highest BCUT2D eigenvalue weighted by atomic mass is 16.4. The van der Waals surface area contributed by atoms with Gasteiger partial charge in [-0.3, -0.25) is 19.4 Å². The molecular weight excluding hydrogens is 288 g/mol. The minimum atomic E-state index is -1.35. The monoisotopic (exact) mass is 304 g/mol. The molecule has 2 fully saturated rings. The van der Waals surface area contributed by atoms with Gasteiger partial charge in [0.15, 0.2) is 0 Å². The Morgan fingerprint density at radius 2 is 1.64 bits per heavy atom. The van der Waals surface area contributed by atoms with E-state index >= 15 is 0 Å². The average molecular weight is 304 g/mol. The van der Waals surface area contributed by atoms with Gasteiger partial charge in [-0.2, -0.15) is 0 Å². The van der Waals surface area contributed by atoms with Crippen LogP contribution in [0.1, 0.15) is 28.2 Å². The molecule has 1 aromatic heterocycles. The summed E-state index contributed by atoms with van der Waals surface area (Å²) < 4.78 is 0. The quantitative estimate of drug-likeness (QED) is 0.851. The van der Waals surface area contributed by atoms with Crippen LogP contribution in [0.25, 0.3) is 0 Å². The van der Waals surface area contributed by atoms with Gasteiger partial charge in [0.25, 0.3) is 5.91 Å². The van der Waals surface area contributed by atoms with E-state index in [4.69, 9.17) is 0 Å². The van der Waals surface area contributed by atoms with Crippen molar-refractivity contribution in [2.24, 2.45) is 10.8 Å². The molecule has 1 amide bonds. The van der Waals surface area contributed by atoms with Crippen LogP contribution in [0.5, 0.6) is 0 Å². The largest absolute Gasteiger partial charge is 0.481 e. The van der Waals surface area contributed by atoms with Gasteiger partial charge in [0.1, 0.15) is 10.8 Å². The van der Waals surface area contributed by atoms with Gasteiger partial charge >= 0.3 is 11.9 Å². The number of carboxylic acid groups (broad SMARTS) is 2. The van der Waals surface area contributed by atoms with Gasteiger partial charge in [-0.15, -0.1) is 0 Å². The highest BCUT2D eigenvalue weighted by Crippen LogP contribution is 2.68. The maximum absolute atomic E-state index is 12.6. The van der Waals surface area contributed by atoms with Crippen LogP contribution in [0, 0.1) is 24.7 Å². The fourth-order valence-electron chi connectivity index (χ4n) is 3.52. The molecule has 0 radical (unpaired) electrons. The summed E-state index contributed by atoms with van der Waals surface area (Å²) in [7, 11) is 0. The third kappa shape index (κ3) is 1.68. The molecule has 1 saturated carbocycles. The molecule has 2 N–H and O–H groups in total. The maximum atomic E-state index is 12.6. The van der Waals surface area contributed by atoms with Crippen molar-refractivity contribution in [2.75, 3.05) is 13.1 Å². The lowest BCUT2D eigenvalue weighted by Crippen LogP contribution is -2.35. The highest BCUT2D eigenvalue weighted by Gasteiger charge is 2.81. The number of aliphatic carboxylic acids is 2. The Morgan fingerprint density at radius 3 is 2.09 bits per heavy atom. The van der Waals surface area contributed by atoms with Crippen LogP contribution in [-0.2, 0) is 9.59 Å². The number of nitrogens with zero attached hydrogens (tertiary/aromatic N) is 2. The lowest BCUT2D eigenvalue weighted by Gasteiger charge is -2.20. The number of rotatable bonds is 3. The van der Waals surface area contributed by atoms with E-state index in [1.54, 1.807) is 19.1 Å². The molecule has 3 rings (SSSR count). The topological polar surface area (TPSA) is 108 Å². The predicted octanol–water partition coefficient (Wildman–Crippen LogP) is 0.700. The summed E-state index contributed by atoms with van der Waals surface area (Å²) in [5, 5.41) is 18.8. The summed E-state index contributed by atoms with van der Waals surface area (Å²) in [5.74, 6) is -2.66. The van der Waals surface area contributed by atoms with Crippen molar-refractivity contribution in [3.05, 3.63) is 29.1 Å². The van der Waals surface area contributed by atoms with Crippen LogP contribution >= 0.6 is 0 Å². The van der Waals surface area contributed by atoms with Gasteiger partial charge in [0.05, 0.1) is 11.3 Å². The number of hydrogen-bond donors (Lipinski definition) is 2. The number of carbonyl (C=O) groups excluding carboxylic acids is 1. The van der Waals surface area contributed by atoms with E-state index in [0.717, 1.165) is 5.69 Å². The van der Waals surface area contributed by atoms with E-state index < -0.39 is 22.8 Å². The van der Waals surface area contributed by atoms with Gasteiger partial charge in [0, 0.05) is 18.8 Å². The molecule has 7 heteroatoms. The lowest BCUT2D eigenvalue weighted by atomic mass is 9.97. The molecule has 2 heterocycles. The number of fused-ring (bicyclic) bond motifs is 1. The molecule has 7 nitrogen and oxygen atoms in total. The zero-order valence-corrected chi connectivity index (χ0v) is 12.3. The third-order valence-electron chi connectivity index (χ3n) is 4.88. The lowest BCUT2D eigenvalue weighted by molar-refractivity contribution is -0.151. The molecule has 1 aliphatic heterocycles. The maximum Gasteiger partial charge on any atom is 0.312 e. The number of hydrogen-bond acceptors (Lipinski definition) is 4. The zero-order valence-electron chi connectivity index (χ0n) is 12.3. The van der Waals surface area contributed by atoms with Gasteiger partial charge in [-0.25, -0.2) is 0 Å². The van der Waals surface area contributed by atoms with Crippen LogP contribution in [0.3, 0.4) is 0 Å². The van der Waals surface area contributed by atoms with Crippen LogP contribution < -0.4 is 0 Å². The fourth-order valence-corrected chi connectivity index (χ4v) is 3.52. The second-order valence-electron chi connectivity index (χ2n) is 6.20. The first-order valence-corrected chi connectivity index (χ1v) is 6.94. The number of aromatic nitrogens is 1. The fraction of sp³-hybridized carbons (Fsp3) is 0.467. The van der Waals surface area contributed by atoms with Crippen molar-refractivity contribution in [1.29, 1.82) is 0 Å². The molecule has 0 aromatic carbocycles. The Kier molecular flexibility index (Phi) is 2.82. The predicted molar refractivity (Wildman–Crippen MR) is 74.4 cm³/mol. The van der Waals surface area contributed by atoms with Crippen molar-refractivity contribution in [3.8, 4) is 0 Å². The van der Waals surface area contributed by atoms with E-state index in [1.165, 1.54) is 4.90 Å². The first-order chi connectivity index (χ1) is 10.2. The molecule has 0 unspecified atom stereocenters. The molecule has 2 atom stereocenters. The number of likely N-dealkylation sites (tertiary alicyclic amines) is 1. The summed E-state index contributed by atoms with van der Waals surface area (Å²) in [4.78, 5) is 41.1. The molecule has 0 spiro atoms. The van der Waals surface area contributed by atoms with Crippen LogP contribution in [0.15, 0.2) is 12.1 Å². The minimum absolute atomic E-state index is 0.0687. The van der Waals surface area contributed by atoms with Gasteiger partial charge < -0.3 is 15.1 Å². The van der Waals surface area contributed by atoms with E-state index in [0.29, 0.717) is 11.3 Å². The molecule has 1 aromatic rings. The number of carbonyl (C=O) groups is 3. The second-order valence-corrected chi connectivity index (χ2v) is 6.20. The van der Waals surface area contributed by atoms with Gasteiger partial charge in [0.2, 0.25) is 0 Å². The van der Waals surface area contributed by atoms with E-state index in [9.17, 15) is 24.6 Å². The first kappa shape index (κ1) is 14.5. The van der Waals surface area contributed by atoms with Crippen LogP contribution in [0.4, 0.5) is 0 Å². The molecule has 22 heavy (non-hydrogen) atoms. The number of aryl methyl sites for hydroxylation is 2. The highest BCUT2D eigenvalue weighted by molar-refractivity contribution is 6.00. The van der Waals surface area contributed by atoms with Gasteiger partial charge in [-0.05, 0) is 32.4 Å². The van der Waals surface area contributed by atoms with Crippen molar-refractivity contribution in [3.63, 3.8) is 0 Å². The summed E-state index contributed by atoms with van der Waals surface area (Å²) in [6, 6.07) is 3.35. The molecule has 116 valence electrons. The number of piperidine rings is 1. The van der Waals surface area contributed by atoms with Crippen molar-refractivity contribution < 1.29 is 24.6 Å². The molecule has 0 bridgehead atoms. The van der Waals surface area contributed by atoms with E-state index in [2.05, 4.69) is 4.98 Å². The van der Waals surface area contributed by atoms with Crippen molar-refractivity contribution >= 4 is 17.8 Å². The first-order valence-electron chi connectivity index (χ1n) is 6.94. The Bertz CT molecular complexity index is 688. The van der Waals surface area contributed by atoms with Crippen molar-refractivity contribution in [2.45, 2.75) is 20.3 Å². The van der Waals surface area contributed by atoms with Crippen molar-refractivity contribution in [1.82, 2.24) is 9.88 Å². The van der Waals surface area contributed by atoms with Gasteiger partial charge in [-0.1, -0.05) is 0 Å². The van der Waals surface area contributed by atoms with E-state index in [-0.39, 0.29) is 25.4 Å². The minimum Gasteiger partial charge on any atom is -0.481 e. The second kappa shape index (κ2) is 4.28. The smallest absolute Gasteiger partial charge is 0.312 e. The summed E-state index contributed by atoms with van der Waals surface area (Å²) in [6.07, 6.45) is 0.0829. The van der Waals surface area contributed by atoms with Crippen LogP contribution in [-0.4, -0.2) is 51.0 Å². The van der Waals surface area contributed by atoms with E-state index in [1.807, 2.05) is 6.92 Å². The Morgan fingerprint density at radius 1 is 1.09 bits per heavy atom. The zero-order chi connectivity index (χ0) is 16.3. The standard InChI is InChI=1S/C15H16N2O5/c1-8-3-4-10(9(2)16-8)11(18)17-6-14(12(19)20)5-15(14,7-17)13(21)22/h3-4H,5-7H2,1-2H3,(H,19,20)(H,21,22)/t14-,15+. The Hall–Kier alpha value is -2.44. The molecular formula is C15H16N2O5. The SMILES string of the molecule is Cc1ccc(C(=O)N2C[C@@]3(C(=O)O)C[C@@]3(C(=O)O)C2)c(C)n1. The number of pyridine rings is 1. The normalized spacial score (nSPS) is 29.1. The Balaban J connectivity index is 1.91. The van der Waals surface area contributed by atoms with Crippen LogP contribution in [0.2, 0.25) is 0 Å². The molecule has 1 saturated heterocycles. The Labute approximate surface area is 126 Å². The summed E-state index contributed by atoms with van der Waals surface area (Å²) >= 11 is 0. The molecule has 1 aliphatic carbocycles. The number of amides is 1. The third-order valence-corrected chi connectivity index (χ3v) is 4.88. The summed E-state index contributed by atoms with van der Waals surface area (Å²) in [6.45, 7) is 3.38. The summed E-state index contributed by atoms with van der Waals surface area (Å²) in [5.41, 5.74) is -0.976.